The smallest absolute Gasteiger partial charge is 0.245 e. The Labute approximate surface area is 127 Å². The molecule has 0 aromatic carbocycles. The van der Waals surface area contributed by atoms with E-state index in [9.17, 15) is 8.78 Å². The van der Waals surface area contributed by atoms with Crippen LogP contribution in [0.25, 0.3) is 0 Å². The number of halogens is 3. The van der Waals surface area contributed by atoms with Crippen LogP contribution in [0.2, 0.25) is 0 Å². The topological polar surface area (TPSA) is 50.1 Å². The lowest BCUT2D eigenvalue weighted by Crippen LogP contribution is -2.34. The Hall–Kier alpha value is -0.370. The third-order valence-electron chi connectivity index (χ3n) is 3.72. The number of allylic oxidation sites excluding steroid dienone is 2. The lowest BCUT2D eigenvalue weighted by Gasteiger charge is -2.25. The largest absolute Gasteiger partial charge is 0.398 e. The molecule has 1 rings (SSSR count). The summed E-state index contributed by atoms with van der Waals surface area (Å²) in [4.78, 5) is 0. The first kappa shape index (κ1) is 16.7. The predicted molar refractivity (Wildman–Crippen MR) is 82.6 cm³/mol. The van der Waals surface area contributed by atoms with Gasteiger partial charge in [-0.05, 0) is 31.3 Å². The van der Waals surface area contributed by atoms with Gasteiger partial charge in [0.1, 0.15) is 0 Å². The summed E-state index contributed by atoms with van der Waals surface area (Å²) in [6.07, 6.45) is 0.645. The van der Waals surface area contributed by atoms with Gasteiger partial charge in [-0.2, -0.15) is 0 Å². The van der Waals surface area contributed by atoms with Gasteiger partial charge in [0.15, 0.2) is 0 Å². The average Bonchev–Trinajstić information content (AvgIpc) is 2.55. The number of nitrogens with two attached hydrogens (primary N) is 1. The highest BCUT2D eigenvalue weighted by Crippen LogP contribution is 2.35. The van der Waals surface area contributed by atoms with E-state index in [-0.39, 0.29) is 12.1 Å². The second kappa shape index (κ2) is 7.42. The van der Waals surface area contributed by atoms with E-state index in [1.54, 1.807) is 6.20 Å². The molecule has 0 radical (unpaired) electrons. The van der Waals surface area contributed by atoms with Crippen molar-refractivity contribution in [3.63, 3.8) is 0 Å². The molecule has 2 unspecified atom stereocenters. The summed E-state index contributed by atoms with van der Waals surface area (Å²) in [5.41, 5.74) is 8.05. The van der Waals surface area contributed by atoms with Gasteiger partial charge >= 0.3 is 0 Å². The van der Waals surface area contributed by atoms with Gasteiger partial charge in [0.05, 0.1) is 12.1 Å². The van der Waals surface area contributed by atoms with Crippen LogP contribution in [-0.2, 0) is 0 Å². The van der Waals surface area contributed by atoms with Crippen LogP contribution in [0.5, 0.6) is 0 Å². The minimum absolute atomic E-state index is 0.0101. The molecule has 4 N–H and O–H groups in total. The molecule has 0 bridgehead atoms. The molecular formula is C13H22F2IN3. The molecular weight excluding hydrogens is 363 g/mol. The van der Waals surface area contributed by atoms with E-state index in [4.69, 9.17) is 5.73 Å². The summed E-state index contributed by atoms with van der Waals surface area (Å²) in [5, 5.41) is 3.13. The number of hydrogen-bond donors (Lipinski definition) is 3. The van der Waals surface area contributed by atoms with Crippen LogP contribution in [0.15, 0.2) is 23.0 Å². The molecule has 3 atom stereocenters. The molecule has 110 valence electrons. The summed E-state index contributed by atoms with van der Waals surface area (Å²) in [7, 11) is 0. The maximum atomic E-state index is 13.4. The van der Waals surface area contributed by atoms with Gasteiger partial charge in [-0.1, -0.05) is 19.4 Å². The Morgan fingerprint density at radius 2 is 2.26 bits per heavy atom. The Bertz CT molecular complexity index is 369. The zero-order valence-electron chi connectivity index (χ0n) is 11.5. The fraction of sp³-hybridized carbons (Fsp3) is 0.692. The molecule has 0 aromatic heterocycles. The quantitative estimate of drug-likeness (QED) is 0.514. The predicted octanol–water partition coefficient (Wildman–Crippen LogP) is 3.29. The summed E-state index contributed by atoms with van der Waals surface area (Å²) < 4.78 is 29.8. The minimum Gasteiger partial charge on any atom is -0.398 e. The van der Waals surface area contributed by atoms with Gasteiger partial charge in [0.25, 0.3) is 0 Å². The van der Waals surface area contributed by atoms with Crippen LogP contribution < -0.4 is 14.6 Å². The Balaban J connectivity index is 3.16. The van der Waals surface area contributed by atoms with E-state index in [1.165, 1.54) is 0 Å². The first-order valence-corrected chi connectivity index (χ1v) is 7.56. The molecule has 1 aliphatic heterocycles. The van der Waals surface area contributed by atoms with Crippen molar-refractivity contribution in [1.82, 2.24) is 8.85 Å². The van der Waals surface area contributed by atoms with Crippen molar-refractivity contribution in [2.24, 2.45) is 17.6 Å². The second-order valence-corrected chi connectivity index (χ2v) is 5.67. The Morgan fingerprint density at radius 3 is 2.74 bits per heavy atom. The summed E-state index contributed by atoms with van der Waals surface area (Å²) in [6.45, 7) is 5.72. The lowest BCUT2D eigenvalue weighted by atomic mass is 9.83. The van der Waals surface area contributed by atoms with Gasteiger partial charge in [-0.25, -0.2) is 12.3 Å². The summed E-state index contributed by atoms with van der Waals surface area (Å²) >= 11 is 2.03. The molecule has 0 fully saturated rings. The van der Waals surface area contributed by atoms with Gasteiger partial charge in [0, 0.05) is 34.8 Å². The van der Waals surface area contributed by atoms with Gasteiger partial charge in [-0.3, -0.25) is 0 Å². The zero-order valence-corrected chi connectivity index (χ0v) is 13.7. The van der Waals surface area contributed by atoms with Gasteiger partial charge < -0.3 is 11.1 Å². The van der Waals surface area contributed by atoms with E-state index in [0.29, 0.717) is 17.7 Å². The molecule has 0 saturated heterocycles. The monoisotopic (exact) mass is 385 g/mol. The van der Waals surface area contributed by atoms with Crippen molar-refractivity contribution in [2.45, 2.75) is 46.2 Å². The van der Waals surface area contributed by atoms with E-state index in [1.807, 2.05) is 43.6 Å². The fourth-order valence-electron chi connectivity index (χ4n) is 2.33. The maximum absolute atomic E-state index is 13.4. The van der Waals surface area contributed by atoms with Crippen LogP contribution in [0.4, 0.5) is 8.78 Å². The van der Waals surface area contributed by atoms with E-state index >= 15 is 0 Å². The van der Waals surface area contributed by atoms with Crippen molar-refractivity contribution in [3.05, 3.63) is 23.0 Å². The third-order valence-corrected chi connectivity index (χ3v) is 4.48. The summed E-state index contributed by atoms with van der Waals surface area (Å²) in [6, 6.07) is 0. The third kappa shape index (κ3) is 4.05. The van der Waals surface area contributed by atoms with E-state index in [0.717, 1.165) is 12.0 Å². The van der Waals surface area contributed by atoms with Crippen LogP contribution in [0.3, 0.4) is 0 Å². The van der Waals surface area contributed by atoms with Crippen molar-refractivity contribution in [2.75, 3.05) is 0 Å². The SMILES string of the molecule is CC/C(C)=C(\N)C1=CNC(NI)CC(C)[C@H]1C(F)F. The van der Waals surface area contributed by atoms with Crippen molar-refractivity contribution in [1.29, 1.82) is 0 Å². The highest BCUT2D eigenvalue weighted by molar-refractivity contribution is 14.1. The second-order valence-electron chi connectivity index (χ2n) is 5.05. The molecule has 3 nitrogen and oxygen atoms in total. The van der Waals surface area contributed by atoms with Crippen molar-refractivity contribution < 1.29 is 8.78 Å². The number of nitrogens with one attached hydrogen (secondary N) is 2. The average molecular weight is 385 g/mol. The normalized spacial score (nSPS) is 29.4. The first-order chi connectivity index (χ1) is 8.92. The standard InChI is InChI=1S/C13H22F2IN3/c1-4-7(2)12(17)9-6-18-10(19-16)5-8(3)11(9)13(14)15/h6,8,10-11,13,18-19H,4-5,17H2,1-3H3/b12-7-/t8?,10?,11-/m1/s1. The molecule has 1 heterocycles. The highest BCUT2D eigenvalue weighted by Gasteiger charge is 2.35. The first-order valence-electron chi connectivity index (χ1n) is 6.48. The van der Waals surface area contributed by atoms with Crippen LogP contribution in [0, 0.1) is 11.8 Å². The maximum Gasteiger partial charge on any atom is 0.245 e. The lowest BCUT2D eigenvalue weighted by molar-refractivity contribution is 0.0659. The number of rotatable bonds is 4. The van der Waals surface area contributed by atoms with Crippen LogP contribution in [0.1, 0.15) is 33.6 Å². The highest BCUT2D eigenvalue weighted by atomic mass is 127. The molecule has 1 aliphatic rings. The molecule has 19 heavy (non-hydrogen) atoms. The van der Waals surface area contributed by atoms with Gasteiger partial charge in [-0.15, -0.1) is 0 Å². The Morgan fingerprint density at radius 1 is 1.63 bits per heavy atom. The molecule has 6 heteroatoms. The van der Waals surface area contributed by atoms with E-state index in [2.05, 4.69) is 8.85 Å². The van der Waals surface area contributed by atoms with Gasteiger partial charge in [0.2, 0.25) is 6.43 Å². The van der Waals surface area contributed by atoms with Crippen molar-refractivity contribution >= 4 is 22.9 Å². The number of hydrogen-bond acceptors (Lipinski definition) is 3. The minimum atomic E-state index is -2.40. The molecule has 0 aromatic rings. The van der Waals surface area contributed by atoms with E-state index < -0.39 is 12.3 Å². The molecule has 0 amide bonds. The molecule has 0 aliphatic carbocycles. The van der Waals surface area contributed by atoms with Crippen LogP contribution >= 0.6 is 22.9 Å². The molecule has 0 spiro atoms. The molecule has 0 saturated carbocycles. The van der Waals surface area contributed by atoms with Crippen molar-refractivity contribution in [3.8, 4) is 0 Å². The fourth-order valence-corrected chi connectivity index (χ4v) is 2.77. The summed E-state index contributed by atoms with van der Waals surface area (Å²) in [5.74, 6) is -0.958. The number of alkyl halides is 2. The Kier molecular flexibility index (Phi) is 6.52. The van der Waals surface area contributed by atoms with Crippen LogP contribution in [-0.4, -0.2) is 12.6 Å². The zero-order chi connectivity index (χ0) is 14.6.